The molecule has 0 bridgehead atoms. The van der Waals surface area contributed by atoms with Crippen LogP contribution >= 0.6 is 0 Å². The molecule has 2 atom stereocenters. The van der Waals surface area contributed by atoms with Gasteiger partial charge in [0.05, 0.1) is 5.60 Å². The predicted molar refractivity (Wildman–Crippen MR) is 59.4 cm³/mol. The molecule has 86 valence electrons. The van der Waals surface area contributed by atoms with Gasteiger partial charge in [-0.15, -0.1) is 0 Å². The Morgan fingerprint density at radius 1 is 1.40 bits per heavy atom. The normalized spacial score (nSPS) is 30.9. The third kappa shape index (κ3) is 2.48. The lowest BCUT2D eigenvalue weighted by molar-refractivity contribution is -0.331. The molecule has 2 N–H and O–H groups in total. The van der Waals surface area contributed by atoms with Gasteiger partial charge >= 0.3 is 0 Å². The van der Waals surface area contributed by atoms with Crippen molar-refractivity contribution in [1.82, 2.24) is 0 Å². The monoisotopic (exact) mass is 212 g/mol. The zero-order valence-electron chi connectivity index (χ0n) is 9.60. The third-order valence-electron chi connectivity index (χ3n) is 2.97. The SMILES string of the molecule is CCCC1(O)C=CC=CC1C(C)(C)OO. The summed E-state index contributed by atoms with van der Waals surface area (Å²) in [5, 5.41) is 19.3. The standard InChI is InChI=1S/C12H20O3/c1-4-8-12(13)9-6-5-7-10(12)11(2,3)15-14/h5-7,9-10,13-14H,4,8H2,1-3H3. The minimum absolute atomic E-state index is 0.236. The summed E-state index contributed by atoms with van der Waals surface area (Å²) in [6, 6.07) is 0. The number of rotatable bonds is 4. The molecule has 1 aliphatic rings. The summed E-state index contributed by atoms with van der Waals surface area (Å²) in [4.78, 5) is 4.47. The molecule has 0 heterocycles. The topological polar surface area (TPSA) is 49.7 Å². The molecule has 1 aliphatic carbocycles. The maximum absolute atomic E-state index is 10.5. The van der Waals surface area contributed by atoms with Crippen LogP contribution in [0.3, 0.4) is 0 Å². The van der Waals surface area contributed by atoms with Gasteiger partial charge in [0.25, 0.3) is 0 Å². The van der Waals surface area contributed by atoms with Crippen LogP contribution in [-0.2, 0) is 4.89 Å². The van der Waals surface area contributed by atoms with Crippen molar-refractivity contribution >= 4 is 0 Å². The molecule has 3 nitrogen and oxygen atoms in total. The number of aliphatic hydroxyl groups is 1. The van der Waals surface area contributed by atoms with Crippen LogP contribution in [0.1, 0.15) is 33.6 Å². The van der Waals surface area contributed by atoms with Crippen molar-refractivity contribution in [2.75, 3.05) is 0 Å². The average molecular weight is 212 g/mol. The largest absolute Gasteiger partial charge is 0.385 e. The summed E-state index contributed by atoms with van der Waals surface area (Å²) in [6.07, 6.45) is 8.90. The van der Waals surface area contributed by atoms with Gasteiger partial charge in [0.2, 0.25) is 0 Å². The van der Waals surface area contributed by atoms with Crippen LogP contribution in [0.5, 0.6) is 0 Å². The van der Waals surface area contributed by atoms with Gasteiger partial charge in [-0.25, -0.2) is 4.89 Å². The lowest BCUT2D eigenvalue weighted by atomic mass is 9.72. The molecule has 3 heteroatoms. The average Bonchev–Trinajstić information content (AvgIpc) is 2.18. The second-order valence-electron chi connectivity index (χ2n) is 4.66. The first-order valence-electron chi connectivity index (χ1n) is 5.37. The van der Waals surface area contributed by atoms with Crippen LogP contribution in [0.2, 0.25) is 0 Å². The van der Waals surface area contributed by atoms with Gasteiger partial charge in [0.15, 0.2) is 0 Å². The fourth-order valence-electron chi connectivity index (χ4n) is 2.20. The first-order chi connectivity index (χ1) is 6.96. The van der Waals surface area contributed by atoms with Crippen molar-refractivity contribution < 1.29 is 15.3 Å². The van der Waals surface area contributed by atoms with Crippen LogP contribution in [0.4, 0.5) is 0 Å². The van der Waals surface area contributed by atoms with Crippen molar-refractivity contribution in [2.45, 2.75) is 44.8 Å². The Bertz CT molecular complexity index is 268. The van der Waals surface area contributed by atoms with Crippen molar-refractivity contribution in [3.63, 3.8) is 0 Å². The zero-order chi connectivity index (χ0) is 11.5. The highest BCUT2D eigenvalue weighted by Gasteiger charge is 2.44. The Morgan fingerprint density at radius 3 is 2.60 bits per heavy atom. The highest BCUT2D eigenvalue weighted by Crippen LogP contribution is 2.37. The van der Waals surface area contributed by atoms with Crippen molar-refractivity contribution in [1.29, 1.82) is 0 Å². The molecule has 1 rings (SSSR count). The second kappa shape index (κ2) is 4.47. The molecule has 0 spiro atoms. The fourth-order valence-corrected chi connectivity index (χ4v) is 2.20. The van der Waals surface area contributed by atoms with E-state index in [1.807, 2.05) is 25.2 Å². The Hall–Kier alpha value is -0.640. The van der Waals surface area contributed by atoms with E-state index < -0.39 is 11.2 Å². The molecule has 2 unspecified atom stereocenters. The molecular formula is C12H20O3. The van der Waals surface area contributed by atoms with E-state index in [0.717, 1.165) is 6.42 Å². The lowest BCUT2D eigenvalue weighted by Gasteiger charge is -2.41. The Kier molecular flexibility index (Phi) is 3.71. The van der Waals surface area contributed by atoms with Crippen molar-refractivity contribution in [3.8, 4) is 0 Å². The highest BCUT2D eigenvalue weighted by molar-refractivity contribution is 5.24. The van der Waals surface area contributed by atoms with Gasteiger partial charge < -0.3 is 5.11 Å². The summed E-state index contributed by atoms with van der Waals surface area (Å²) < 4.78 is 0. The number of hydrogen-bond acceptors (Lipinski definition) is 3. The van der Waals surface area contributed by atoms with E-state index in [1.54, 1.807) is 19.9 Å². The quantitative estimate of drug-likeness (QED) is 0.556. The Labute approximate surface area is 91.0 Å². The Morgan fingerprint density at radius 2 is 2.07 bits per heavy atom. The molecule has 0 saturated heterocycles. The number of allylic oxidation sites excluding steroid dienone is 2. The van der Waals surface area contributed by atoms with E-state index in [4.69, 9.17) is 5.26 Å². The summed E-state index contributed by atoms with van der Waals surface area (Å²) >= 11 is 0. The number of hydrogen-bond donors (Lipinski definition) is 2. The summed E-state index contributed by atoms with van der Waals surface area (Å²) in [6.45, 7) is 5.55. The summed E-state index contributed by atoms with van der Waals surface area (Å²) in [7, 11) is 0. The molecule has 0 amide bonds. The minimum Gasteiger partial charge on any atom is -0.385 e. The van der Waals surface area contributed by atoms with E-state index >= 15 is 0 Å². The van der Waals surface area contributed by atoms with Crippen LogP contribution in [0.25, 0.3) is 0 Å². The fraction of sp³-hybridized carbons (Fsp3) is 0.667. The van der Waals surface area contributed by atoms with Crippen molar-refractivity contribution in [2.24, 2.45) is 5.92 Å². The maximum atomic E-state index is 10.5. The van der Waals surface area contributed by atoms with Gasteiger partial charge in [-0.05, 0) is 20.3 Å². The smallest absolute Gasteiger partial charge is 0.107 e. The first kappa shape index (κ1) is 12.4. The Balaban J connectivity index is 2.95. The van der Waals surface area contributed by atoms with Crippen LogP contribution in [-0.4, -0.2) is 21.6 Å². The molecule has 0 saturated carbocycles. The van der Waals surface area contributed by atoms with Gasteiger partial charge in [-0.1, -0.05) is 37.6 Å². The van der Waals surface area contributed by atoms with Gasteiger partial charge in [-0.3, -0.25) is 5.26 Å². The van der Waals surface area contributed by atoms with Crippen LogP contribution in [0.15, 0.2) is 24.3 Å². The maximum Gasteiger partial charge on any atom is 0.107 e. The summed E-state index contributed by atoms with van der Waals surface area (Å²) in [5.41, 5.74) is -1.71. The van der Waals surface area contributed by atoms with E-state index in [-0.39, 0.29) is 5.92 Å². The second-order valence-corrected chi connectivity index (χ2v) is 4.66. The van der Waals surface area contributed by atoms with Crippen molar-refractivity contribution in [3.05, 3.63) is 24.3 Å². The molecule has 0 aromatic heterocycles. The van der Waals surface area contributed by atoms with E-state index in [2.05, 4.69) is 4.89 Å². The first-order valence-corrected chi connectivity index (χ1v) is 5.37. The van der Waals surface area contributed by atoms with E-state index in [1.165, 1.54) is 0 Å². The van der Waals surface area contributed by atoms with Crippen LogP contribution in [0, 0.1) is 5.92 Å². The van der Waals surface area contributed by atoms with Crippen LogP contribution < -0.4 is 0 Å². The lowest BCUT2D eigenvalue weighted by Crippen LogP contribution is -2.48. The molecule has 0 radical (unpaired) electrons. The molecular weight excluding hydrogens is 192 g/mol. The zero-order valence-corrected chi connectivity index (χ0v) is 9.60. The van der Waals surface area contributed by atoms with E-state index in [0.29, 0.717) is 6.42 Å². The van der Waals surface area contributed by atoms with Gasteiger partial charge in [0, 0.05) is 5.92 Å². The van der Waals surface area contributed by atoms with Gasteiger partial charge in [0.1, 0.15) is 5.60 Å². The van der Waals surface area contributed by atoms with Gasteiger partial charge in [-0.2, -0.15) is 0 Å². The molecule has 15 heavy (non-hydrogen) atoms. The molecule has 0 aliphatic heterocycles. The predicted octanol–water partition coefficient (Wildman–Crippen LogP) is 2.53. The molecule has 0 aromatic rings. The highest BCUT2D eigenvalue weighted by atomic mass is 17.1. The molecule has 0 fully saturated rings. The van der Waals surface area contributed by atoms with E-state index in [9.17, 15) is 5.11 Å². The third-order valence-corrected chi connectivity index (χ3v) is 2.97. The minimum atomic E-state index is -0.921. The summed E-state index contributed by atoms with van der Waals surface area (Å²) in [5.74, 6) is -0.236. The molecule has 0 aromatic carbocycles.